The van der Waals surface area contributed by atoms with Crippen molar-refractivity contribution in [2.24, 2.45) is 0 Å². The number of amides is 2. The minimum atomic E-state index is -1.11. The van der Waals surface area contributed by atoms with Gasteiger partial charge in [0.1, 0.15) is 12.1 Å². The van der Waals surface area contributed by atoms with Gasteiger partial charge < -0.3 is 15.7 Å². The number of carbonyl (C=O) groups is 3. The third-order valence-electron chi connectivity index (χ3n) is 3.43. The van der Waals surface area contributed by atoms with Gasteiger partial charge in [-0.1, -0.05) is 0 Å². The summed E-state index contributed by atoms with van der Waals surface area (Å²) in [5, 5.41) is 17.9. The number of anilines is 1. The van der Waals surface area contributed by atoms with Crippen LogP contribution in [0.1, 0.15) is 30.2 Å². The quantitative estimate of drug-likeness (QED) is 0.738. The van der Waals surface area contributed by atoms with Gasteiger partial charge in [-0.25, -0.2) is 0 Å². The molecule has 126 valence electrons. The van der Waals surface area contributed by atoms with Gasteiger partial charge in [0, 0.05) is 23.6 Å². The van der Waals surface area contributed by atoms with Crippen molar-refractivity contribution in [1.82, 2.24) is 15.1 Å². The molecule has 0 unspecified atom stereocenters. The number of hydrogen-bond donors (Lipinski definition) is 3. The number of carboxylic acid groups (broad SMARTS) is 1. The van der Waals surface area contributed by atoms with Gasteiger partial charge in [0.2, 0.25) is 5.91 Å². The lowest BCUT2D eigenvalue weighted by Crippen LogP contribution is -2.38. The monoisotopic (exact) mass is 330 g/mol. The lowest BCUT2D eigenvalue weighted by molar-refractivity contribution is -0.138. The van der Waals surface area contributed by atoms with E-state index in [1.165, 1.54) is 23.7 Å². The zero-order valence-electron chi connectivity index (χ0n) is 13.3. The van der Waals surface area contributed by atoms with Gasteiger partial charge in [-0.15, -0.1) is 0 Å². The highest BCUT2D eigenvalue weighted by atomic mass is 16.4. The van der Waals surface area contributed by atoms with Gasteiger partial charge >= 0.3 is 5.97 Å². The Morgan fingerprint density at radius 3 is 2.38 bits per heavy atom. The molecule has 3 N–H and O–H groups in total. The summed E-state index contributed by atoms with van der Waals surface area (Å²) in [7, 11) is 0. The van der Waals surface area contributed by atoms with Crippen molar-refractivity contribution in [1.29, 1.82) is 0 Å². The van der Waals surface area contributed by atoms with E-state index < -0.39 is 24.0 Å². The Bertz CT molecular complexity index is 725. The van der Waals surface area contributed by atoms with E-state index in [0.29, 0.717) is 11.3 Å². The number of carboxylic acids is 1. The van der Waals surface area contributed by atoms with Crippen LogP contribution in [-0.4, -0.2) is 38.7 Å². The van der Waals surface area contributed by atoms with Gasteiger partial charge in [-0.3, -0.25) is 19.1 Å². The minimum absolute atomic E-state index is 0.240. The van der Waals surface area contributed by atoms with Crippen LogP contribution < -0.4 is 10.6 Å². The molecule has 2 atom stereocenters. The smallest absolute Gasteiger partial charge is 0.325 e. The minimum Gasteiger partial charge on any atom is -0.480 e. The highest BCUT2D eigenvalue weighted by molar-refractivity contribution is 5.98. The molecule has 1 heterocycles. The SMILES string of the molecule is C[C@H](NC(=O)c1ccc(NC(=O)[C@H](C)n2cccn2)cc1)C(=O)O. The van der Waals surface area contributed by atoms with Crippen LogP contribution in [0.15, 0.2) is 42.7 Å². The van der Waals surface area contributed by atoms with E-state index in [-0.39, 0.29) is 5.91 Å². The summed E-state index contributed by atoms with van der Waals surface area (Å²) in [6, 6.07) is 6.46. The molecule has 8 heteroatoms. The second-order valence-electron chi connectivity index (χ2n) is 5.26. The molecule has 0 spiro atoms. The molecule has 2 aromatic rings. The predicted molar refractivity (Wildman–Crippen MR) is 86.6 cm³/mol. The number of rotatable bonds is 6. The van der Waals surface area contributed by atoms with Crippen molar-refractivity contribution in [3.05, 3.63) is 48.3 Å². The molecule has 0 aliphatic heterocycles. The van der Waals surface area contributed by atoms with Gasteiger partial charge in [-0.2, -0.15) is 5.10 Å². The summed E-state index contributed by atoms with van der Waals surface area (Å²) < 4.78 is 1.53. The Morgan fingerprint density at radius 2 is 1.83 bits per heavy atom. The average Bonchev–Trinajstić information content (AvgIpc) is 3.08. The van der Waals surface area contributed by atoms with Gasteiger partial charge in [0.25, 0.3) is 5.91 Å². The van der Waals surface area contributed by atoms with Crippen LogP contribution >= 0.6 is 0 Å². The molecule has 1 aromatic carbocycles. The Balaban J connectivity index is 1.98. The van der Waals surface area contributed by atoms with Crippen LogP contribution in [0, 0.1) is 0 Å². The first-order chi connectivity index (χ1) is 11.4. The Labute approximate surface area is 138 Å². The number of carbonyl (C=O) groups excluding carboxylic acids is 2. The number of benzene rings is 1. The van der Waals surface area contributed by atoms with Crippen LogP contribution in [0.3, 0.4) is 0 Å². The molecule has 0 radical (unpaired) electrons. The van der Waals surface area contributed by atoms with Crippen molar-refractivity contribution >= 4 is 23.5 Å². The molecule has 0 bridgehead atoms. The summed E-state index contributed by atoms with van der Waals surface area (Å²) in [5.41, 5.74) is 0.836. The van der Waals surface area contributed by atoms with Gasteiger partial charge in [0.15, 0.2) is 0 Å². The summed E-state index contributed by atoms with van der Waals surface area (Å²) in [4.78, 5) is 34.8. The standard InChI is InChI=1S/C16H18N4O4/c1-10(16(23)24)18-15(22)12-4-6-13(7-5-12)19-14(21)11(2)20-9-3-8-17-20/h3-11H,1-2H3,(H,18,22)(H,19,21)(H,23,24)/t10-,11-/m0/s1. The topological polar surface area (TPSA) is 113 Å². The largest absolute Gasteiger partial charge is 0.480 e. The van der Waals surface area contributed by atoms with Crippen LogP contribution in [0.2, 0.25) is 0 Å². The molecule has 0 fully saturated rings. The van der Waals surface area contributed by atoms with Gasteiger partial charge in [0.05, 0.1) is 0 Å². The molecular weight excluding hydrogens is 312 g/mol. The summed E-state index contributed by atoms with van der Waals surface area (Å²) in [6.07, 6.45) is 3.29. The summed E-state index contributed by atoms with van der Waals surface area (Å²) in [5.74, 6) is -1.84. The number of nitrogens with one attached hydrogen (secondary N) is 2. The highest BCUT2D eigenvalue weighted by Gasteiger charge is 2.17. The first-order valence-corrected chi connectivity index (χ1v) is 7.32. The number of hydrogen-bond acceptors (Lipinski definition) is 4. The predicted octanol–water partition coefficient (Wildman–Crippen LogP) is 1.29. The Kier molecular flexibility index (Phi) is 5.31. The first-order valence-electron chi connectivity index (χ1n) is 7.32. The van der Waals surface area contributed by atoms with Crippen LogP contribution in [-0.2, 0) is 9.59 Å². The van der Waals surface area contributed by atoms with Crippen LogP contribution in [0.4, 0.5) is 5.69 Å². The fourth-order valence-corrected chi connectivity index (χ4v) is 1.92. The molecule has 0 saturated heterocycles. The maximum absolute atomic E-state index is 12.1. The van der Waals surface area contributed by atoms with Crippen molar-refractivity contribution in [3.63, 3.8) is 0 Å². The molecule has 0 aliphatic rings. The fraction of sp³-hybridized carbons (Fsp3) is 0.250. The maximum atomic E-state index is 12.1. The molecule has 2 amide bonds. The molecule has 0 aliphatic carbocycles. The summed E-state index contributed by atoms with van der Waals surface area (Å²) in [6.45, 7) is 3.10. The third kappa shape index (κ3) is 4.19. The van der Waals surface area contributed by atoms with E-state index in [0.717, 1.165) is 0 Å². The fourth-order valence-electron chi connectivity index (χ4n) is 1.92. The molecule has 2 rings (SSSR count). The molecule has 24 heavy (non-hydrogen) atoms. The zero-order valence-corrected chi connectivity index (χ0v) is 13.3. The second-order valence-corrected chi connectivity index (χ2v) is 5.26. The zero-order chi connectivity index (χ0) is 17.7. The van der Waals surface area contributed by atoms with Crippen molar-refractivity contribution in [2.75, 3.05) is 5.32 Å². The molecule has 8 nitrogen and oxygen atoms in total. The van der Waals surface area contributed by atoms with E-state index in [1.54, 1.807) is 37.5 Å². The number of aromatic nitrogens is 2. The van der Waals surface area contributed by atoms with Crippen LogP contribution in [0.25, 0.3) is 0 Å². The summed E-state index contributed by atoms with van der Waals surface area (Å²) >= 11 is 0. The Morgan fingerprint density at radius 1 is 1.17 bits per heavy atom. The van der Waals surface area contributed by atoms with Crippen LogP contribution in [0.5, 0.6) is 0 Å². The third-order valence-corrected chi connectivity index (χ3v) is 3.43. The van der Waals surface area contributed by atoms with E-state index in [2.05, 4.69) is 15.7 Å². The van der Waals surface area contributed by atoms with Crippen molar-refractivity contribution < 1.29 is 19.5 Å². The first kappa shape index (κ1) is 17.2. The molecule has 0 saturated carbocycles. The van der Waals surface area contributed by atoms with E-state index in [4.69, 9.17) is 5.11 Å². The number of nitrogens with zero attached hydrogens (tertiary/aromatic N) is 2. The number of aliphatic carboxylic acids is 1. The van der Waals surface area contributed by atoms with E-state index >= 15 is 0 Å². The normalized spacial score (nSPS) is 12.9. The molecule has 1 aromatic heterocycles. The lowest BCUT2D eigenvalue weighted by Gasteiger charge is -2.13. The second kappa shape index (κ2) is 7.40. The highest BCUT2D eigenvalue weighted by Crippen LogP contribution is 2.13. The van der Waals surface area contributed by atoms with Crippen molar-refractivity contribution in [3.8, 4) is 0 Å². The van der Waals surface area contributed by atoms with Gasteiger partial charge in [-0.05, 0) is 44.2 Å². The van der Waals surface area contributed by atoms with E-state index in [9.17, 15) is 14.4 Å². The van der Waals surface area contributed by atoms with E-state index in [1.807, 2.05) is 0 Å². The maximum Gasteiger partial charge on any atom is 0.325 e. The molecular formula is C16H18N4O4. The average molecular weight is 330 g/mol. The van der Waals surface area contributed by atoms with Crippen molar-refractivity contribution in [2.45, 2.75) is 25.9 Å². The Hall–Kier alpha value is -3.16. The lowest BCUT2D eigenvalue weighted by atomic mass is 10.1.